The van der Waals surface area contributed by atoms with Crippen LogP contribution in [0.15, 0.2) is 97.2 Å². The normalized spacial score (nSPS) is 21.6. The Balaban J connectivity index is 0.724. The number of aromatic carboxylic acids is 1. The molecule has 6 N–H and O–H groups in total. The number of aromatic nitrogens is 4. The Bertz CT molecular complexity index is 4160. The summed E-state index contributed by atoms with van der Waals surface area (Å²) >= 11 is 1.40. The molecular formula is C70H83N11O14S2. The summed E-state index contributed by atoms with van der Waals surface area (Å²) in [5.74, 6) is -4.71. The highest BCUT2D eigenvalue weighted by Gasteiger charge is 2.66. The van der Waals surface area contributed by atoms with Crippen LogP contribution in [0, 0.1) is 29.1 Å². The molecule has 4 atom stereocenters. The van der Waals surface area contributed by atoms with Gasteiger partial charge in [0.25, 0.3) is 33.7 Å². The van der Waals surface area contributed by atoms with Gasteiger partial charge >= 0.3 is 12.1 Å². The highest BCUT2D eigenvalue weighted by Crippen LogP contribution is 2.72. The summed E-state index contributed by atoms with van der Waals surface area (Å²) in [6.07, 6.45) is 10.4. The summed E-state index contributed by atoms with van der Waals surface area (Å²) < 4.78 is 49.7. The third kappa shape index (κ3) is 15.6. The van der Waals surface area contributed by atoms with Crippen molar-refractivity contribution in [3.8, 4) is 11.1 Å². The molecule has 0 saturated heterocycles. The Labute approximate surface area is 566 Å². The molecule has 4 fully saturated rings. The van der Waals surface area contributed by atoms with Crippen molar-refractivity contribution in [2.75, 3.05) is 53.7 Å². The van der Waals surface area contributed by atoms with E-state index in [1.807, 2.05) is 59.0 Å². The summed E-state index contributed by atoms with van der Waals surface area (Å²) in [5, 5.41) is 22.0. The van der Waals surface area contributed by atoms with Crippen molar-refractivity contribution in [3.63, 3.8) is 0 Å². The minimum absolute atomic E-state index is 0.0257. The van der Waals surface area contributed by atoms with Crippen LogP contribution in [0.4, 0.5) is 21.4 Å². The predicted octanol–water partition coefficient (Wildman–Crippen LogP) is 8.87. The number of hydrogen-bond acceptors (Lipinski definition) is 17. The van der Waals surface area contributed by atoms with Crippen molar-refractivity contribution in [2.45, 2.75) is 150 Å². The van der Waals surface area contributed by atoms with E-state index in [2.05, 4.69) is 29.5 Å². The maximum Gasteiger partial charge on any atom is 0.410 e. The third-order valence-corrected chi connectivity index (χ3v) is 21.3. The maximum absolute atomic E-state index is 14.3. The SMILES string of the molecule is Cc1c(-c2ccc(N3CCc4cccc(C(=O)Nc5nc6ccccc6s5)c4C3)nc2C(=O)O)cnn1CC12CC3(C)CC(C)(C1)CC(OCCN(CCS(=O)(=O)O)C(=O)OCc1ccc(N(C(=O)[C@@H](NC(=O)CCCCCN4C(=O)C=CC4=O)C(C)C)[C@@H](C)C(N)=O)cc1)(C3)C2. The first kappa shape index (κ1) is 69.4. The van der Waals surface area contributed by atoms with Crippen LogP contribution in [0.5, 0.6) is 0 Å². The molecule has 2 aliphatic heterocycles. The van der Waals surface area contributed by atoms with Gasteiger partial charge in [0.05, 0.1) is 34.4 Å². The lowest BCUT2D eigenvalue weighted by Crippen LogP contribution is -2.64. The molecule has 2 unspecified atom stereocenters. The number of nitrogens with two attached hydrogens (primary N) is 1. The minimum Gasteiger partial charge on any atom is -0.476 e. The molecule has 25 nitrogen and oxygen atoms in total. The zero-order chi connectivity index (χ0) is 69.4. The monoisotopic (exact) mass is 1370 g/mol. The van der Waals surface area contributed by atoms with Crippen LogP contribution >= 0.6 is 11.3 Å². The van der Waals surface area contributed by atoms with Gasteiger partial charge in [-0.3, -0.25) is 53.1 Å². The average Bonchev–Trinajstić information content (AvgIpc) is 0.788. The number of anilines is 3. The number of rotatable bonds is 28. The molecule has 12 rings (SSSR count). The number of amides is 7. The van der Waals surface area contributed by atoms with Crippen LogP contribution < -0.4 is 26.2 Å². The highest BCUT2D eigenvalue weighted by molar-refractivity contribution is 7.85. The van der Waals surface area contributed by atoms with E-state index >= 15 is 0 Å². The number of para-hydroxylation sites is 1. The molecule has 0 radical (unpaired) electrons. The van der Waals surface area contributed by atoms with Crippen LogP contribution in [0.3, 0.4) is 0 Å². The summed E-state index contributed by atoms with van der Waals surface area (Å²) in [5.41, 5.74) is 10.3. The number of carboxylic acid groups (broad SMARTS) is 1. The number of nitrogens with zero attached hydrogens (tertiary/aromatic N) is 8. The fourth-order valence-electron chi connectivity index (χ4n) is 16.3. The lowest BCUT2D eigenvalue weighted by atomic mass is 9.39. The van der Waals surface area contributed by atoms with Gasteiger partial charge in [-0.25, -0.2) is 19.6 Å². The number of primary amides is 1. The van der Waals surface area contributed by atoms with Gasteiger partial charge in [-0.2, -0.15) is 13.5 Å². The van der Waals surface area contributed by atoms with Gasteiger partial charge in [0, 0.05) is 85.9 Å². The minimum atomic E-state index is -4.51. The fraction of sp³-hybridized carbons (Fsp3) is 0.471. The number of carboxylic acids is 1. The van der Waals surface area contributed by atoms with Crippen molar-refractivity contribution in [3.05, 3.63) is 131 Å². The zero-order valence-electron chi connectivity index (χ0n) is 55.4. The van der Waals surface area contributed by atoms with E-state index in [4.69, 9.17) is 25.3 Å². The molecule has 97 heavy (non-hydrogen) atoms. The number of imide groups is 1. The Hall–Kier alpha value is -8.92. The van der Waals surface area contributed by atoms with Gasteiger partial charge in [0.15, 0.2) is 10.8 Å². The van der Waals surface area contributed by atoms with Gasteiger partial charge in [0.1, 0.15) is 24.5 Å². The third-order valence-electron chi connectivity index (χ3n) is 19.7. The van der Waals surface area contributed by atoms with Crippen LogP contribution in [0.2, 0.25) is 0 Å². The largest absolute Gasteiger partial charge is 0.476 e. The molecule has 4 aliphatic carbocycles. The van der Waals surface area contributed by atoms with E-state index < -0.39 is 75.8 Å². The molecule has 514 valence electrons. The molecule has 4 saturated carbocycles. The van der Waals surface area contributed by atoms with E-state index in [0.29, 0.717) is 84.9 Å². The van der Waals surface area contributed by atoms with E-state index in [1.54, 1.807) is 56.4 Å². The number of nitrogens with one attached hydrogen (secondary N) is 2. The lowest BCUT2D eigenvalue weighted by molar-refractivity contribution is -0.248. The molecule has 3 aromatic carbocycles. The van der Waals surface area contributed by atoms with Crippen molar-refractivity contribution >= 4 is 95.8 Å². The van der Waals surface area contributed by atoms with Crippen molar-refractivity contribution < 1.29 is 65.9 Å². The fourth-order valence-corrected chi connectivity index (χ4v) is 17.6. The number of ether oxygens (including phenoxy) is 2. The van der Waals surface area contributed by atoms with E-state index in [9.17, 15) is 56.4 Å². The molecule has 6 aliphatic rings. The van der Waals surface area contributed by atoms with Crippen LogP contribution in [-0.2, 0) is 69.7 Å². The second kappa shape index (κ2) is 27.9. The van der Waals surface area contributed by atoms with Crippen molar-refractivity contribution in [2.24, 2.45) is 27.9 Å². The number of fused-ring (bicyclic) bond motifs is 2. The van der Waals surface area contributed by atoms with Gasteiger partial charge < -0.3 is 35.4 Å². The predicted molar refractivity (Wildman–Crippen MR) is 363 cm³/mol. The first-order valence-electron chi connectivity index (χ1n) is 32.9. The molecule has 7 amide bonds. The molecule has 3 aromatic heterocycles. The van der Waals surface area contributed by atoms with E-state index in [1.165, 1.54) is 40.2 Å². The van der Waals surface area contributed by atoms with Gasteiger partial charge in [-0.1, -0.05) is 81.9 Å². The summed E-state index contributed by atoms with van der Waals surface area (Å²) in [6.45, 7) is 12.4. The number of hydrogen-bond donors (Lipinski definition) is 5. The Morgan fingerprint density at radius 1 is 0.835 bits per heavy atom. The van der Waals surface area contributed by atoms with Crippen LogP contribution in [-0.4, -0.2) is 151 Å². The van der Waals surface area contributed by atoms with Crippen LogP contribution in [0.25, 0.3) is 21.3 Å². The van der Waals surface area contributed by atoms with E-state index in [0.717, 1.165) is 64.0 Å². The summed E-state index contributed by atoms with van der Waals surface area (Å²) in [4.78, 5) is 120. The summed E-state index contributed by atoms with van der Waals surface area (Å²) in [6, 6.07) is 21.0. The standard InChI is InChI=1S/C70H83N11O14S2/c1-43(2)59(75-56(82)17-8-7-11-27-79-57(83)24-25-58(79)84)63(87)81(45(4)61(71)85)48-20-18-46(19-21-48)35-94-66(90)77(30-32-97(91,92)93)29-31-95-70-39-67(5)36-68(6,40-70)38-69(37-67,41-70)42-80-44(3)51(33-72-80)49-22-23-55(74-60(49)64(88)89)78-28-26-47-13-12-14-50(52(47)34-78)62(86)76-65-73-53-15-9-10-16-54(53)96-65/h9-10,12-16,18-25,33,43,45,59H,7-8,11,17,26-32,34-42H2,1-6H3,(H2,71,85)(H,75,82)(H,88,89)(H,73,76,86)(H,91,92,93)/t45-,59-,67?,68?,69?,70?/m0/s1. The first-order chi connectivity index (χ1) is 46.0. The van der Waals surface area contributed by atoms with Gasteiger partial charge in [-0.15, -0.1) is 0 Å². The molecule has 6 aromatic rings. The number of carbonyl (C=O) groups excluding carboxylic acids is 7. The highest BCUT2D eigenvalue weighted by atomic mass is 32.2. The van der Waals surface area contributed by atoms with Crippen LogP contribution in [0.1, 0.15) is 142 Å². The lowest BCUT2D eigenvalue weighted by Gasteiger charge is -2.69. The molecule has 5 heterocycles. The van der Waals surface area contributed by atoms with Crippen molar-refractivity contribution in [1.82, 2.24) is 34.9 Å². The second-order valence-electron chi connectivity index (χ2n) is 28.0. The Morgan fingerprint density at radius 3 is 2.24 bits per heavy atom. The summed E-state index contributed by atoms with van der Waals surface area (Å²) in [7, 11) is -4.51. The number of pyridine rings is 1. The Kier molecular flexibility index (Phi) is 20.0. The topological polar surface area (TPSA) is 336 Å². The molecule has 4 bridgehead atoms. The number of thiazole rings is 1. The number of benzene rings is 3. The smallest absolute Gasteiger partial charge is 0.410 e. The maximum atomic E-state index is 14.3. The van der Waals surface area contributed by atoms with Gasteiger partial charge in [-0.05, 0) is 153 Å². The molecular weight excluding hydrogens is 1280 g/mol. The average molecular weight is 1370 g/mol. The Morgan fingerprint density at radius 2 is 1.56 bits per heavy atom. The van der Waals surface area contributed by atoms with Crippen molar-refractivity contribution in [1.29, 1.82) is 0 Å². The second-order valence-corrected chi connectivity index (χ2v) is 30.6. The van der Waals surface area contributed by atoms with E-state index in [-0.39, 0.29) is 78.1 Å². The molecule has 0 spiro atoms. The number of unbranched alkanes of at least 4 members (excludes halogenated alkanes) is 2. The molecule has 27 heteroatoms. The number of carbonyl (C=O) groups is 8. The van der Waals surface area contributed by atoms with Gasteiger partial charge in [0.2, 0.25) is 11.8 Å². The zero-order valence-corrected chi connectivity index (χ0v) is 57.0. The quantitative estimate of drug-likeness (QED) is 0.0174. The first-order valence-corrected chi connectivity index (χ1v) is 35.3.